The third-order valence-electron chi connectivity index (χ3n) is 1.56. The average molecular weight is 149 g/mol. The van der Waals surface area contributed by atoms with Crippen molar-refractivity contribution in [2.24, 2.45) is 0 Å². The van der Waals surface area contributed by atoms with Crippen LogP contribution in [-0.2, 0) is 0 Å². The SMILES string of the molecule is Cc1ccc2n[nH]c(=O)n2c1. The zero-order valence-electron chi connectivity index (χ0n) is 6.03. The first-order valence-corrected chi connectivity index (χ1v) is 3.31. The Morgan fingerprint density at radius 1 is 1.55 bits per heavy atom. The fraction of sp³-hybridized carbons (Fsp3) is 0.143. The number of aromatic amines is 1. The highest BCUT2D eigenvalue weighted by atomic mass is 16.1. The van der Waals surface area contributed by atoms with Gasteiger partial charge in [0.2, 0.25) is 0 Å². The lowest BCUT2D eigenvalue weighted by atomic mass is 10.3. The van der Waals surface area contributed by atoms with Crippen molar-refractivity contribution < 1.29 is 0 Å². The standard InChI is InChI=1S/C7H7N3O/c1-5-2-3-6-8-9-7(11)10(6)4-5/h2-4H,1H3,(H,9,11). The van der Waals surface area contributed by atoms with Crippen LogP contribution >= 0.6 is 0 Å². The third kappa shape index (κ3) is 0.832. The van der Waals surface area contributed by atoms with Gasteiger partial charge in [0, 0.05) is 6.20 Å². The van der Waals surface area contributed by atoms with Crippen molar-refractivity contribution in [1.29, 1.82) is 0 Å². The molecule has 2 aromatic rings. The van der Waals surface area contributed by atoms with Crippen LogP contribution in [0.25, 0.3) is 5.65 Å². The molecule has 0 spiro atoms. The van der Waals surface area contributed by atoms with Crippen molar-refractivity contribution in [2.45, 2.75) is 6.92 Å². The Morgan fingerprint density at radius 2 is 2.36 bits per heavy atom. The maximum Gasteiger partial charge on any atom is 0.347 e. The molecule has 0 atom stereocenters. The van der Waals surface area contributed by atoms with Gasteiger partial charge < -0.3 is 0 Å². The summed E-state index contributed by atoms with van der Waals surface area (Å²) in [5.41, 5.74) is 1.50. The van der Waals surface area contributed by atoms with Gasteiger partial charge in [-0.3, -0.25) is 4.40 Å². The summed E-state index contributed by atoms with van der Waals surface area (Å²) in [5, 5.41) is 6.15. The number of aryl methyl sites for hydroxylation is 1. The Kier molecular flexibility index (Phi) is 1.09. The number of nitrogens with one attached hydrogen (secondary N) is 1. The average Bonchev–Trinajstić information content (AvgIpc) is 2.33. The van der Waals surface area contributed by atoms with Gasteiger partial charge in [0.25, 0.3) is 0 Å². The largest absolute Gasteiger partial charge is 0.347 e. The van der Waals surface area contributed by atoms with Crippen LogP contribution in [0.5, 0.6) is 0 Å². The molecule has 0 aromatic carbocycles. The van der Waals surface area contributed by atoms with Crippen molar-refractivity contribution >= 4 is 5.65 Å². The van der Waals surface area contributed by atoms with Crippen LogP contribution in [0.3, 0.4) is 0 Å². The van der Waals surface area contributed by atoms with Crippen molar-refractivity contribution in [3.8, 4) is 0 Å². The summed E-state index contributed by atoms with van der Waals surface area (Å²) in [6.07, 6.45) is 1.75. The number of H-pyrrole nitrogens is 1. The summed E-state index contributed by atoms with van der Waals surface area (Å²) in [5.74, 6) is 0. The van der Waals surface area contributed by atoms with Crippen molar-refractivity contribution in [1.82, 2.24) is 14.6 Å². The number of fused-ring (bicyclic) bond motifs is 1. The highest BCUT2D eigenvalue weighted by molar-refractivity contribution is 5.37. The van der Waals surface area contributed by atoms with E-state index in [1.807, 2.05) is 13.0 Å². The Labute approximate surface area is 62.5 Å². The van der Waals surface area contributed by atoms with Gasteiger partial charge >= 0.3 is 5.69 Å². The summed E-state index contributed by atoms with van der Waals surface area (Å²) in [7, 11) is 0. The smallest absolute Gasteiger partial charge is 0.250 e. The number of hydrogen-bond donors (Lipinski definition) is 1. The second-order valence-electron chi connectivity index (χ2n) is 2.46. The molecule has 0 fully saturated rings. The van der Waals surface area contributed by atoms with Crippen LogP contribution < -0.4 is 5.69 Å². The normalized spacial score (nSPS) is 10.6. The second-order valence-corrected chi connectivity index (χ2v) is 2.46. The van der Waals surface area contributed by atoms with Gasteiger partial charge in [-0.25, -0.2) is 9.89 Å². The van der Waals surface area contributed by atoms with Crippen LogP contribution in [-0.4, -0.2) is 14.6 Å². The lowest BCUT2D eigenvalue weighted by Crippen LogP contribution is -2.08. The van der Waals surface area contributed by atoms with Gasteiger partial charge in [-0.1, -0.05) is 6.07 Å². The van der Waals surface area contributed by atoms with Gasteiger partial charge in [0.1, 0.15) is 0 Å². The fourth-order valence-corrected chi connectivity index (χ4v) is 1.01. The summed E-state index contributed by atoms with van der Waals surface area (Å²) in [6, 6.07) is 3.71. The topological polar surface area (TPSA) is 50.2 Å². The van der Waals surface area contributed by atoms with E-state index in [4.69, 9.17) is 0 Å². The predicted octanol–water partition coefficient (Wildman–Crippen LogP) is 0.331. The molecule has 0 aliphatic heterocycles. The van der Waals surface area contributed by atoms with E-state index in [9.17, 15) is 4.79 Å². The molecule has 56 valence electrons. The molecule has 1 N–H and O–H groups in total. The lowest BCUT2D eigenvalue weighted by Gasteiger charge is -1.90. The Balaban J connectivity index is 2.99. The van der Waals surface area contributed by atoms with Crippen LogP contribution in [0.1, 0.15) is 5.56 Å². The van der Waals surface area contributed by atoms with Gasteiger partial charge in [-0.05, 0) is 18.6 Å². The van der Waals surface area contributed by atoms with Gasteiger partial charge in [0.15, 0.2) is 5.65 Å². The number of aromatic nitrogens is 3. The highest BCUT2D eigenvalue weighted by Gasteiger charge is 1.96. The first-order valence-electron chi connectivity index (χ1n) is 3.31. The van der Waals surface area contributed by atoms with E-state index in [1.54, 1.807) is 12.3 Å². The number of nitrogens with zero attached hydrogens (tertiary/aromatic N) is 2. The van der Waals surface area contributed by atoms with Crippen molar-refractivity contribution in [3.05, 3.63) is 34.4 Å². The number of rotatable bonds is 0. The van der Waals surface area contributed by atoms with Crippen LogP contribution in [0.2, 0.25) is 0 Å². The molecule has 0 aliphatic rings. The molecule has 0 aliphatic carbocycles. The maximum absolute atomic E-state index is 11.0. The van der Waals surface area contributed by atoms with E-state index in [1.165, 1.54) is 4.40 Å². The zero-order valence-corrected chi connectivity index (χ0v) is 6.03. The molecule has 4 heteroatoms. The number of pyridine rings is 1. The van der Waals surface area contributed by atoms with Crippen LogP contribution in [0, 0.1) is 6.92 Å². The molecule has 0 saturated carbocycles. The Bertz CT molecular complexity index is 440. The van der Waals surface area contributed by atoms with Crippen LogP contribution in [0.15, 0.2) is 23.1 Å². The molecule has 0 unspecified atom stereocenters. The molecule has 0 bridgehead atoms. The van der Waals surface area contributed by atoms with Crippen molar-refractivity contribution in [2.75, 3.05) is 0 Å². The van der Waals surface area contributed by atoms with Crippen molar-refractivity contribution in [3.63, 3.8) is 0 Å². The minimum atomic E-state index is -0.191. The minimum absolute atomic E-state index is 0.191. The molecule has 0 saturated heterocycles. The van der Waals surface area contributed by atoms with E-state index in [-0.39, 0.29) is 5.69 Å². The highest BCUT2D eigenvalue weighted by Crippen LogP contribution is 1.98. The lowest BCUT2D eigenvalue weighted by molar-refractivity contribution is 1.02. The fourth-order valence-electron chi connectivity index (χ4n) is 1.01. The molecule has 4 nitrogen and oxygen atoms in total. The Morgan fingerprint density at radius 3 is 3.18 bits per heavy atom. The van der Waals surface area contributed by atoms with E-state index < -0.39 is 0 Å². The molecule has 2 heterocycles. The molecule has 11 heavy (non-hydrogen) atoms. The Hall–Kier alpha value is -1.58. The zero-order chi connectivity index (χ0) is 7.84. The summed E-state index contributed by atoms with van der Waals surface area (Å²) < 4.78 is 1.48. The molecular weight excluding hydrogens is 142 g/mol. The molecule has 0 radical (unpaired) electrons. The molecule has 2 rings (SSSR count). The monoisotopic (exact) mass is 149 g/mol. The summed E-state index contributed by atoms with van der Waals surface area (Å²) >= 11 is 0. The van der Waals surface area contributed by atoms with Gasteiger partial charge in [-0.2, -0.15) is 5.10 Å². The van der Waals surface area contributed by atoms with Gasteiger partial charge in [0.05, 0.1) is 0 Å². The van der Waals surface area contributed by atoms with Gasteiger partial charge in [-0.15, -0.1) is 0 Å². The third-order valence-corrected chi connectivity index (χ3v) is 1.56. The predicted molar refractivity (Wildman–Crippen MR) is 40.5 cm³/mol. The van der Waals surface area contributed by atoms with E-state index in [0.29, 0.717) is 5.65 Å². The van der Waals surface area contributed by atoms with E-state index in [0.717, 1.165) is 5.56 Å². The van der Waals surface area contributed by atoms with E-state index in [2.05, 4.69) is 10.2 Å². The number of hydrogen-bond acceptors (Lipinski definition) is 2. The van der Waals surface area contributed by atoms with E-state index >= 15 is 0 Å². The second kappa shape index (κ2) is 1.95. The summed E-state index contributed by atoms with van der Waals surface area (Å²) in [4.78, 5) is 11.0. The first kappa shape index (κ1) is 6.15. The first-order chi connectivity index (χ1) is 5.27. The minimum Gasteiger partial charge on any atom is -0.250 e. The molecule has 2 aromatic heterocycles. The molecular formula is C7H7N3O. The summed E-state index contributed by atoms with van der Waals surface area (Å²) in [6.45, 7) is 1.93. The quantitative estimate of drug-likeness (QED) is 0.586. The van der Waals surface area contributed by atoms with Crippen LogP contribution in [0.4, 0.5) is 0 Å². The maximum atomic E-state index is 11.0. The molecule has 0 amide bonds.